The summed E-state index contributed by atoms with van der Waals surface area (Å²) >= 11 is 3.40. The van der Waals surface area contributed by atoms with Crippen LogP contribution in [0, 0.1) is 0 Å². The van der Waals surface area contributed by atoms with Gasteiger partial charge in [0.15, 0.2) is 0 Å². The third kappa shape index (κ3) is 3.04. The quantitative estimate of drug-likeness (QED) is 0.833. The van der Waals surface area contributed by atoms with E-state index in [-0.39, 0.29) is 4.83 Å². The van der Waals surface area contributed by atoms with Crippen LogP contribution in [0.1, 0.15) is 23.6 Å². The summed E-state index contributed by atoms with van der Waals surface area (Å²) in [7, 11) is 0. The van der Waals surface area contributed by atoms with Crippen LogP contribution < -0.4 is 5.32 Å². The number of carbonyl (C=O) groups excluding carboxylic acids is 1. The van der Waals surface area contributed by atoms with Gasteiger partial charge in [-0.25, -0.2) is 0 Å². The number of amides is 1. The first-order valence-electron chi connectivity index (χ1n) is 5.45. The second kappa shape index (κ2) is 4.91. The monoisotopic (exact) mass is 321 g/mol. The van der Waals surface area contributed by atoms with Crippen molar-refractivity contribution in [1.82, 2.24) is 5.32 Å². The average Bonchev–Trinajstić information content (AvgIpc) is 2.53. The Morgan fingerprint density at radius 3 is 2.72 bits per heavy atom. The zero-order chi connectivity index (χ0) is 13.3. The standard InChI is InChI=1S/C12H11BrF3NO/c13-9-5-7-3-1-2-4-8(7)11(9)17-10(18)6-12(14,15)16/h1-4,9,11H,5-6H2,(H,17,18). The van der Waals surface area contributed by atoms with Gasteiger partial charge < -0.3 is 5.32 Å². The Kier molecular flexibility index (Phi) is 3.66. The van der Waals surface area contributed by atoms with Gasteiger partial charge >= 0.3 is 6.18 Å². The van der Waals surface area contributed by atoms with Crippen molar-refractivity contribution < 1.29 is 18.0 Å². The zero-order valence-electron chi connectivity index (χ0n) is 9.30. The largest absolute Gasteiger partial charge is 0.397 e. The number of fused-ring (bicyclic) bond motifs is 1. The molecule has 1 N–H and O–H groups in total. The molecule has 1 aliphatic carbocycles. The number of alkyl halides is 4. The summed E-state index contributed by atoms with van der Waals surface area (Å²) in [4.78, 5) is 11.3. The van der Waals surface area contributed by atoms with Crippen molar-refractivity contribution in [1.29, 1.82) is 0 Å². The molecule has 1 aromatic carbocycles. The lowest BCUT2D eigenvalue weighted by molar-refractivity contribution is -0.154. The van der Waals surface area contributed by atoms with E-state index in [1.165, 1.54) is 0 Å². The van der Waals surface area contributed by atoms with Crippen LogP contribution in [0.3, 0.4) is 0 Å². The van der Waals surface area contributed by atoms with Gasteiger partial charge in [-0.05, 0) is 17.5 Å². The molecule has 2 rings (SSSR count). The molecule has 0 radical (unpaired) electrons. The highest BCUT2D eigenvalue weighted by Gasteiger charge is 2.35. The summed E-state index contributed by atoms with van der Waals surface area (Å²) < 4.78 is 36.3. The lowest BCUT2D eigenvalue weighted by Gasteiger charge is -2.18. The molecule has 18 heavy (non-hydrogen) atoms. The van der Waals surface area contributed by atoms with E-state index >= 15 is 0 Å². The first kappa shape index (κ1) is 13.4. The number of hydrogen-bond donors (Lipinski definition) is 1. The summed E-state index contributed by atoms with van der Waals surface area (Å²) in [5, 5.41) is 2.44. The predicted molar refractivity (Wildman–Crippen MR) is 64.4 cm³/mol. The fourth-order valence-electron chi connectivity index (χ4n) is 2.12. The van der Waals surface area contributed by atoms with Gasteiger partial charge in [0.1, 0.15) is 6.42 Å². The van der Waals surface area contributed by atoms with Crippen LogP contribution in [-0.2, 0) is 11.2 Å². The topological polar surface area (TPSA) is 29.1 Å². The van der Waals surface area contributed by atoms with Gasteiger partial charge in [-0.1, -0.05) is 40.2 Å². The number of nitrogens with one attached hydrogen (secondary N) is 1. The first-order chi connectivity index (χ1) is 8.37. The fraction of sp³-hybridized carbons (Fsp3) is 0.417. The lowest BCUT2D eigenvalue weighted by Crippen LogP contribution is -2.34. The van der Waals surface area contributed by atoms with E-state index < -0.39 is 24.5 Å². The summed E-state index contributed by atoms with van der Waals surface area (Å²) in [5.74, 6) is -0.992. The Hall–Kier alpha value is -1.04. The van der Waals surface area contributed by atoms with E-state index in [1.807, 2.05) is 24.3 Å². The van der Waals surface area contributed by atoms with Crippen LogP contribution in [0.15, 0.2) is 24.3 Å². The molecule has 1 amide bonds. The highest BCUT2D eigenvalue weighted by Crippen LogP contribution is 2.36. The normalized spacial score (nSPS) is 22.7. The highest BCUT2D eigenvalue weighted by atomic mass is 79.9. The summed E-state index contributed by atoms with van der Waals surface area (Å²) in [6.45, 7) is 0. The molecule has 0 fully saturated rings. The van der Waals surface area contributed by atoms with Crippen LogP contribution in [0.5, 0.6) is 0 Å². The number of rotatable bonds is 2. The molecule has 0 saturated heterocycles. The predicted octanol–water partition coefficient (Wildman–Crippen LogP) is 3.12. The summed E-state index contributed by atoms with van der Waals surface area (Å²) in [5.41, 5.74) is 1.94. The maximum Gasteiger partial charge on any atom is 0.397 e. The Morgan fingerprint density at radius 2 is 2.06 bits per heavy atom. The minimum Gasteiger partial charge on any atom is -0.348 e. The van der Waals surface area contributed by atoms with Crippen molar-refractivity contribution in [2.75, 3.05) is 0 Å². The molecule has 2 nitrogen and oxygen atoms in total. The lowest BCUT2D eigenvalue weighted by atomic mass is 10.1. The van der Waals surface area contributed by atoms with E-state index in [2.05, 4.69) is 21.2 Å². The molecule has 0 saturated carbocycles. The second-order valence-corrected chi connectivity index (χ2v) is 5.43. The summed E-state index contributed by atoms with van der Waals surface area (Å²) in [6, 6.07) is 7.04. The molecule has 0 heterocycles. The zero-order valence-corrected chi connectivity index (χ0v) is 10.9. The number of benzene rings is 1. The van der Waals surface area contributed by atoms with Crippen molar-refractivity contribution in [3.05, 3.63) is 35.4 Å². The number of hydrogen-bond acceptors (Lipinski definition) is 1. The molecule has 1 aromatic rings. The van der Waals surface area contributed by atoms with E-state index in [1.54, 1.807) is 0 Å². The highest BCUT2D eigenvalue weighted by molar-refractivity contribution is 9.09. The third-order valence-corrected chi connectivity index (χ3v) is 3.70. The van der Waals surface area contributed by atoms with Crippen molar-refractivity contribution >= 4 is 21.8 Å². The average molecular weight is 322 g/mol. The Balaban J connectivity index is 2.08. The molecule has 1 aliphatic rings. The molecule has 0 bridgehead atoms. The van der Waals surface area contributed by atoms with Crippen LogP contribution in [-0.4, -0.2) is 16.9 Å². The molecule has 6 heteroatoms. The fourth-order valence-corrected chi connectivity index (χ4v) is 2.89. The van der Waals surface area contributed by atoms with Crippen molar-refractivity contribution in [2.45, 2.75) is 29.9 Å². The minimum atomic E-state index is -4.47. The number of halogens is 4. The Labute approximate surface area is 111 Å². The third-order valence-electron chi connectivity index (χ3n) is 2.84. The van der Waals surface area contributed by atoms with Crippen molar-refractivity contribution in [3.63, 3.8) is 0 Å². The summed E-state index contributed by atoms with van der Waals surface area (Å²) in [6.07, 6.45) is -5.21. The van der Waals surface area contributed by atoms with Crippen LogP contribution in [0.2, 0.25) is 0 Å². The van der Waals surface area contributed by atoms with Gasteiger partial charge in [-0.15, -0.1) is 0 Å². The van der Waals surface area contributed by atoms with Crippen LogP contribution in [0.25, 0.3) is 0 Å². The maximum atomic E-state index is 12.1. The van der Waals surface area contributed by atoms with Gasteiger partial charge in [0.25, 0.3) is 0 Å². The van der Waals surface area contributed by atoms with E-state index in [0.717, 1.165) is 11.1 Å². The van der Waals surface area contributed by atoms with Crippen LogP contribution in [0.4, 0.5) is 13.2 Å². The van der Waals surface area contributed by atoms with E-state index in [4.69, 9.17) is 0 Å². The minimum absolute atomic E-state index is 0.0629. The van der Waals surface area contributed by atoms with Gasteiger partial charge in [0, 0.05) is 4.83 Å². The molecule has 2 unspecified atom stereocenters. The van der Waals surface area contributed by atoms with Crippen molar-refractivity contribution in [3.8, 4) is 0 Å². The molecular weight excluding hydrogens is 311 g/mol. The molecular formula is C12H11BrF3NO. The van der Waals surface area contributed by atoms with Gasteiger partial charge in [0.05, 0.1) is 6.04 Å². The second-order valence-electron chi connectivity index (χ2n) is 4.26. The van der Waals surface area contributed by atoms with E-state index in [0.29, 0.717) is 6.42 Å². The van der Waals surface area contributed by atoms with Crippen molar-refractivity contribution in [2.24, 2.45) is 0 Å². The molecule has 0 aliphatic heterocycles. The maximum absolute atomic E-state index is 12.1. The van der Waals surface area contributed by atoms with Gasteiger partial charge in [0.2, 0.25) is 5.91 Å². The molecule has 0 spiro atoms. The van der Waals surface area contributed by atoms with Gasteiger partial charge in [-0.3, -0.25) is 4.79 Å². The Bertz CT molecular complexity index is 461. The SMILES string of the molecule is O=C(CC(F)(F)F)NC1c2ccccc2CC1Br. The first-order valence-corrected chi connectivity index (χ1v) is 6.36. The van der Waals surface area contributed by atoms with E-state index in [9.17, 15) is 18.0 Å². The smallest absolute Gasteiger partial charge is 0.348 e. The molecule has 0 aromatic heterocycles. The molecule has 2 atom stereocenters. The van der Waals surface area contributed by atoms with Gasteiger partial charge in [-0.2, -0.15) is 13.2 Å². The van der Waals surface area contributed by atoms with Crippen LogP contribution >= 0.6 is 15.9 Å². The Morgan fingerprint density at radius 1 is 1.39 bits per heavy atom. The molecule has 98 valence electrons. The number of carbonyl (C=O) groups is 1.